The summed E-state index contributed by atoms with van der Waals surface area (Å²) >= 11 is 5.57. The van der Waals surface area contributed by atoms with Crippen LogP contribution in [0.5, 0.6) is 0 Å². The summed E-state index contributed by atoms with van der Waals surface area (Å²) in [6.45, 7) is 0. The van der Waals surface area contributed by atoms with Crippen LogP contribution >= 0.6 is 11.6 Å². The predicted molar refractivity (Wildman–Crippen MR) is 92.2 cm³/mol. The van der Waals surface area contributed by atoms with Gasteiger partial charge in [-0.2, -0.15) is 0 Å². The zero-order valence-corrected chi connectivity index (χ0v) is 13.3. The maximum atomic E-state index is 13.3. The van der Waals surface area contributed by atoms with Gasteiger partial charge >= 0.3 is 0 Å². The van der Waals surface area contributed by atoms with Crippen LogP contribution in [-0.2, 0) is 9.59 Å². The van der Waals surface area contributed by atoms with Crippen molar-refractivity contribution in [1.29, 1.82) is 0 Å². The number of nitrogens with one attached hydrogen (secondary N) is 2. The summed E-state index contributed by atoms with van der Waals surface area (Å²) < 4.78 is 13.3. The van der Waals surface area contributed by atoms with E-state index >= 15 is 0 Å². The van der Waals surface area contributed by atoms with Gasteiger partial charge in [0.1, 0.15) is 5.82 Å². The molecule has 0 atom stereocenters. The lowest BCUT2D eigenvalue weighted by molar-refractivity contribution is -0.123. The standard InChI is InChI=1S/C18H14ClFN2O2/c19-15-9-6-14(12-16(15)20)8-11-18(24)22-21-17(23)10-7-13-4-2-1-3-5-13/h1-12H,(H,21,23)(H,22,24)/b10-7?,11-8+. The van der Waals surface area contributed by atoms with E-state index in [0.717, 1.165) is 5.56 Å². The molecule has 2 rings (SSSR count). The molecule has 2 N–H and O–H groups in total. The Balaban J connectivity index is 1.82. The van der Waals surface area contributed by atoms with Crippen molar-refractivity contribution < 1.29 is 14.0 Å². The number of hydrazine groups is 1. The van der Waals surface area contributed by atoms with Gasteiger partial charge in [0, 0.05) is 12.2 Å². The van der Waals surface area contributed by atoms with Gasteiger partial charge < -0.3 is 0 Å². The summed E-state index contributed by atoms with van der Waals surface area (Å²) in [5.41, 5.74) is 5.80. The molecule has 0 aliphatic carbocycles. The third kappa shape index (κ3) is 5.70. The minimum absolute atomic E-state index is 0.00840. The van der Waals surface area contributed by atoms with Crippen molar-refractivity contribution in [2.45, 2.75) is 0 Å². The molecule has 2 aromatic carbocycles. The Labute approximate surface area is 143 Å². The van der Waals surface area contributed by atoms with E-state index in [1.54, 1.807) is 12.1 Å². The monoisotopic (exact) mass is 344 g/mol. The lowest BCUT2D eigenvalue weighted by Gasteiger charge is -2.02. The number of halogens is 2. The Kier molecular flexibility index (Phi) is 6.28. The highest BCUT2D eigenvalue weighted by Crippen LogP contribution is 2.16. The minimum Gasteiger partial charge on any atom is -0.268 e. The van der Waals surface area contributed by atoms with E-state index in [1.807, 2.05) is 30.3 Å². The Morgan fingerprint density at radius 1 is 0.875 bits per heavy atom. The van der Waals surface area contributed by atoms with Gasteiger partial charge in [-0.15, -0.1) is 0 Å². The van der Waals surface area contributed by atoms with Gasteiger partial charge in [0.2, 0.25) is 0 Å². The Morgan fingerprint density at radius 3 is 2.04 bits per heavy atom. The smallest absolute Gasteiger partial charge is 0.262 e. The van der Waals surface area contributed by atoms with Crippen LogP contribution in [0.4, 0.5) is 4.39 Å². The van der Waals surface area contributed by atoms with Crippen molar-refractivity contribution >= 4 is 35.6 Å². The normalized spacial score (nSPS) is 10.9. The van der Waals surface area contributed by atoms with E-state index in [1.165, 1.54) is 30.4 Å². The number of rotatable bonds is 4. The summed E-state index contributed by atoms with van der Waals surface area (Å²) in [5, 5.41) is 0.00840. The Bertz CT molecular complexity index is 789. The topological polar surface area (TPSA) is 58.2 Å². The second-order valence-corrected chi connectivity index (χ2v) is 5.14. The minimum atomic E-state index is -0.571. The molecule has 6 heteroatoms. The van der Waals surface area contributed by atoms with E-state index in [9.17, 15) is 14.0 Å². The first-order valence-electron chi connectivity index (χ1n) is 7.01. The van der Waals surface area contributed by atoms with Crippen molar-refractivity contribution in [2.24, 2.45) is 0 Å². The molecular weight excluding hydrogens is 331 g/mol. The fraction of sp³-hybridized carbons (Fsp3) is 0. The summed E-state index contributed by atoms with van der Waals surface area (Å²) in [6.07, 6.45) is 5.49. The molecule has 2 amide bonds. The molecule has 24 heavy (non-hydrogen) atoms. The van der Waals surface area contributed by atoms with Crippen molar-refractivity contribution in [3.8, 4) is 0 Å². The lowest BCUT2D eigenvalue weighted by atomic mass is 10.2. The van der Waals surface area contributed by atoms with E-state index in [0.29, 0.717) is 5.56 Å². The highest BCUT2D eigenvalue weighted by Gasteiger charge is 2.00. The molecule has 0 unspecified atom stereocenters. The molecule has 0 heterocycles. The van der Waals surface area contributed by atoms with Crippen LogP contribution in [0, 0.1) is 5.82 Å². The van der Waals surface area contributed by atoms with Crippen molar-refractivity contribution in [3.05, 3.63) is 82.6 Å². The maximum Gasteiger partial charge on any atom is 0.262 e. The molecule has 0 bridgehead atoms. The van der Waals surface area contributed by atoms with E-state index in [-0.39, 0.29) is 5.02 Å². The highest BCUT2D eigenvalue weighted by atomic mass is 35.5. The molecule has 0 spiro atoms. The number of hydrogen-bond acceptors (Lipinski definition) is 2. The molecule has 0 fully saturated rings. The first-order valence-corrected chi connectivity index (χ1v) is 7.38. The second-order valence-electron chi connectivity index (χ2n) is 4.73. The first-order chi connectivity index (χ1) is 11.5. The van der Waals surface area contributed by atoms with Gasteiger partial charge in [-0.3, -0.25) is 20.4 Å². The summed E-state index contributed by atoms with van der Waals surface area (Å²) in [6, 6.07) is 13.4. The zero-order valence-electron chi connectivity index (χ0n) is 12.5. The van der Waals surface area contributed by atoms with Gasteiger partial charge in [-0.1, -0.05) is 48.0 Å². The number of carbonyl (C=O) groups is 2. The van der Waals surface area contributed by atoms with Crippen LogP contribution in [0.25, 0.3) is 12.2 Å². The van der Waals surface area contributed by atoms with Crippen LogP contribution in [0.1, 0.15) is 11.1 Å². The quantitative estimate of drug-likeness (QED) is 0.660. The van der Waals surface area contributed by atoms with Crippen molar-refractivity contribution in [2.75, 3.05) is 0 Å². The fourth-order valence-corrected chi connectivity index (χ4v) is 1.85. The van der Waals surface area contributed by atoms with Crippen LogP contribution in [0.2, 0.25) is 5.02 Å². The second kappa shape index (κ2) is 8.64. The first kappa shape index (κ1) is 17.4. The summed E-state index contributed by atoms with van der Waals surface area (Å²) in [4.78, 5) is 23.2. The van der Waals surface area contributed by atoms with Gasteiger partial charge in [0.15, 0.2) is 0 Å². The number of carbonyl (C=O) groups excluding carboxylic acids is 2. The maximum absolute atomic E-state index is 13.3. The SMILES string of the molecule is O=C(C=Cc1ccccc1)NNC(=O)/C=C/c1ccc(Cl)c(F)c1. The van der Waals surface area contributed by atoms with Crippen molar-refractivity contribution in [3.63, 3.8) is 0 Å². The third-order valence-electron chi connectivity index (χ3n) is 2.91. The molecule has 4 nitrogen and oxygen atoms in total. The molecular formula is C18H14ClFN2O2. The average Bonchev–Trinajstić information content (AvgIpc) is 2.60. The lowest BCUT2D eigenvalue weighted by Crippen LogP contribution is -2.39. The summed E-state index contributed by atoms with van der Waals surface area (Å²) in [7, 11) is 0. The van der Waals surface area contributed by atoms with Crippen LogP contribution < -0.4 is 10.9 Å². The van der Waals surface area contributed by atoms with Crippen molar-refractivity contribution in [1.82, 2.24) is 10.9 Å². The number of amides is 2. The van der Waals surface area contributed by atoms with E-state index in [4.69, 9.17) is 11.6 Å². The largest absolute Gasteiger partial charge is 0.268 e. The van der Waals surface area contributed by atoms with Gasteiger partial charge in [0.25, 0.3) is 11.8 Å². The van der Waals surface area contributed by atoms with Crippen LogP contribution in [0.3, 0.4) is 0 Å². The molecule has 0 saturated heterocycles. The average molecular weight is 345 g/mol. The van der Waals surface area contributed by atoms with E-state index in [2.05, 4.69) is 10.9 Å². The molecule has 0 aliphatic rings. The molecule has 0 radical (unpaired) electrons. The van der Waals surface area contributed by atoms with Crippen LogP contribution in [0.15, 0.2) is 60.7 Å². The number of hydrogen-bond donors (Lipinski definition) is 2. The molecule has 2 aromatic rings. The Morgan fingerprint density at radius 2 is 1.46 bits per heavy atom. The Hall–Kier alpha value is -2.92. The van der Waals surface area contributed by atoms with Gasteiger partial charge in [0.05, 0.1) is 5.02 Å². The van der Waals surface area contributed by atoms with E-state index < -0.39 is 17.6 Å². The number of benzene rings is 2. The van der Waals surface area contributed by atoms with Crippen LogP contribution in [-0.4, -0.2) is 11.8 Å². The summed E-state index contributed by atoms with van der Waals surface area (Å²) in [5.74, 6) is -1.59. The van der Waals surface area contributed by atoms with Gasteiger partial charge in [-0.05, 0) is 35.4 Å². The fourth-order valence-electron chi connectivity index (χ4n) is 1.73. The third-order valence-corrected chi connectivity index (χ3v) is 3.21. The highest BCUT2D eigenvalue weighted by molar-refractivity contribution is 6.30. The predicted octanol–water partition coefficient (Wildman–Crippen LogP) is 3.35. The zero-order chi connectivity index (χ0) is 17.4. The molecule has 0 aromatic heterocycles. The van der Waals surface area contributed by atoms with Gasteiger partial charge in [-0.25, -0.2) is 4.39 Å². The molecule has 0 saturated carbocycles. The molecule has 122 valence electrons. The molecule has 0 aliphatic heterocycles.